The molecule has 0 spiro atoms. The highest BCUT2D eigenvalue weighted by molar-refractivity contribution is 5.84. The fourth-order valence-electron chi connectivity index (χ4n) is 2.31. The fourth-order valence-corrected chi connectivity index (χ4v) is 2.31. The molecule has 10 nitrogen and oxygen atoms in total. The van der Waals surface area contributed by atoms with Crippen molar-refractivity contribution in [2.45, 2.75) is 0 Å². The van der Waals surface area contributed by atoms with Crippen LogP contribution >= 0.6 is 0 Å². The molecule has 2 aromatic rings. The van der Waals surface area contributed by atoms with Crippen LogP contribution in [0.3, 0.4) is 0 Å². The van der Waals surface area contributed by atoms with Gasteiger partial charge in [-0.25, -0.2) is 5.43 Å². The highest BCUT2D eigenvalue weighted by atomic mass is 16.5. The molecule has 0 amide bonds. The Morgan fingerprint density at radius 2 is 1.96 bits per heavy atom. The molecule has 138 valence electrons. The number of ether oxygens (including phenoxy) is 1. The average molecular weight is 359 g/mol. The SMILES string of the molecule is CN(C)c1nc(N/N=C\c2ccc(O)cc2O)nc(N2CCOCC2)n1. The van der Waals surface area contributed by atoms with E-state index in [0.29, 0.717) is 49.7 Å². The first-order valence-electron chi connectivity index (χ1n) is 8.10. The predicted octanol–water partition coefficient (Wildman–Crippen LogP) is 0.631. The molecule has 0 bridgehead atoms. The summed E-state index contributed by atoms with van der Waals surface area (Å²) in [6.45, 7) is 2.68. The van der Waals surface area contributed by atoms with Crippen molar-refractivity contribution in [2.75, 3.05) is 55.6 Å². The normalized spacial score (nSPS) is 14.6. The van der Waals surface area contributed by atoms with Crippen molar-refractivity contribution in [3.05, 3.63) is 23.8 Å². The van der Waals surface area contributed by atoms with Crippen LogP contribution in [0.2, 0.25) is 0 Å². The lowest BCUT2D eigenvalue weighted by Gasteiger charge is -2.27. The van der Waals surface area contributed by atoms with Crippen LogP contribution in [0.25, 0.3) is 0 Å². The van der Waals surface area contributed by atoms with Crippen molar-refractivity contribution in [1.29, 1.82) is 0 Å². The van der Waals surface area contributed by atoms with Gasteiger partial charge in [-0.3, -0.25) is 0 Å². The van der Waals surface area contributed by atoms with Gasteiger partial charge in [-0.05, 0) is 12.1 Å². The second kappa shape index (κ2) is 7.83. The lowest BCUT2D eigenvalue weighted by Crippen LogP contribution is -2.37. The molecular weight excluding hydrogens is 338 g/mol. The Morgan fingerprint density at radius 1 is 1.19 bits per heavy atom. The summed E-state index contributed by atoms with van der Waals surface area (Å²) >= 11 is 0. The number of hydrazone groups is 1. The molecule has 0 saturated carbocycles. The topological polar surface area (TPSA) is 119 Å². The van der Waals surface area contributed by atoms with Crippen molar-refractivity contribution >= 4 is 24.1 Å². The molecular formula is C16H21N7O3. The minimum atomic E-state index is -0.0748. The van der Waals surface area contributed by atoms with Gasteiger partial charge in [0.2, 0.25) is 17.8 Å². The largest absolute Gasteiger partial charge is 0.508 e. The second-order valence-electron chi connectivity index (χ2n) is 5.87. The number of phenols is 2. The van der Waals surface area contributed by atoms with Gasteiger partial charge in [-0.1, -0.05) is 0 Å². The number of benzene rings is 1. The van der Waals surface area contributed by atoms with Crippen LogP contribution in [0.4, 0.5) is 17.8 Å². The molecule has 0 radical (unpaired) electrons. The summed E-state index contributed by atoms with van der Waals surface area (Å²) in [5, 5.41) is 23.1. The number of hydrogen-bond acceptors (Lipinski definition) is 10. The van der Waals surface area contributed by atoms with Gasteiger partial charge < -0.3 is 24.7 Å². The van der Waals surface area contributed by atoms with Crippen LogP contribution in [0.1, 0.15) is 5.56 Å². The van der Waals surface area contributed by atoms with Crippen LogP contribution in [0.5, 0.6) is 11.5 Å². The number of hydrogen-bond donors (Lipinski definition) is 3. The number of rotatable bonds is 5. The van der Waals surface area contributed by atoms with Crippen LogP contribution in [-0.2, 0) is 4.74 Å². The Hall–Kier alpha value is -3.14. The Kier molecular flexibility index (Phi) is 5.32. The molecule has 2 heterocycles. The van der Waals surface area contributed by atoms with Gasteiger partial charge in [0.05, 0.1) is 19.4 Å². The molecule has 1 fully saturated rings. The predicted molar refractivity (Wildman–Crippen MR) is 98.2 cm³/mol. The van der Waals surface area contributed by atoms with Crippen molar-refractivity contribution < 1.29 is 14.9 Å². The van der Waals surface area contributed by atoms with E-state index >= 15 is 0 Å². The summed E-state index contributed by atoms with van der Waals surface area (Å²) in [7, 11) is 3.69. The maximum atomic E-state index is 9.77. The monoisotopic (exact) mass is 359 g/mol. The summed E-state index contributed by atoms with van der Waals surface area (Å²) in [5.74, 6) is 1.26. The number of aromatic hydroxyl groups is 2. The first kappa shape index (κ1) is 17.7. The van der Waals surface area contributed by atoms with Gasteiger partial charge in [0.1, 0.15) is 11.5 Å². The molecule has 26 heavy (non-hydrogen) atoms. The van der Waals surface area contributed by atoms with E-state index in [1.54, 1.807) is 11.0 Å². The number of phenolic OH excluding ortho intramolecular Hbond substituents is 2. The minimum absolute atomic E-state index is 0.0177. The number of nitrogens with zero attached hydrogens (tertiary/aromatic N) is 6. The molecule has 3 rings (SSSR count). The Bertz CT molecular complexity index is 791. The van der Waals surface area contributed by atoms with Crippen molar-refractivity contribution in [1.82, 2.24) is 15.0 Å². The van der Waals surface area contributed by atoms with E-state index in [4.69, 9.17) is 4.74 Å². The summed E-state index contributed by atoms with van der Waals surface area (Å²) in [5.41, 5.74) is 3.21. The zero-order valence-electron chi connectivity index (χ0n) is 14.6. The molecule has 1 aliphatic heterocycles. The third-order valence-corrected chi connectivity index (χ3v) is 3.69. The number of nitrogens with one attached hydrogen (secondary N) is 1. The molecule has 1 aromatic heterocycles. The summed E-state index contributed by atoms with van der Waals surface area (Å²) in [6.07, 6.45) is 1.42. The van der Waals surface area contributed by atoms with E-state index in [0.717, 1.165) is 0 Å². The first-order valence-corrected chi connectivity index (χ1v) is 8.10. The zero-order chi connectivity index (χ0) is 18.5. The third kappa shape index (κ3) is 4.28. The van der Waals surface area contributed by atoms with Crippen molar-refractivity contribution in [2.24, 2.45) is 5.10 Å². The Balaban J connectivity index is 1.79. The molecule has 0 atom stereocenters. The van der Waals surface area contributed by atoms with Crippen LogP contribution in [0.15, 0.2) is 23.3 Å². The number of aromatic nitrogens is 3. The molecule has 0 unspecified atom stereocenters. The van der Waals surface area contributed by atoms with Gasteiger partial charge >= 0.3 is 0 Å². The number of morpholine rings is 1. The summed E-state index contributed by atoms with van der Waals surface area (Å²) < 4.78 is 5.36. The maximum absolute atomic E-state index is 9.77. The van der Waals surface area contributed by atoms with Crippen LogP contribution < -0.4 is 15.2 Å². The minimum Gasteiger partial charge on any atom is -0.508 e. The van der Waals surface area contributed by atoms with Gasteiger partial charge in [0.25, 0.3) is 0 Å². The van der Waals surface area contributed by atoms with E-state index < -0.39 is 0 Å². The van der Waals surface area contributed by atoms with Gasteiger partial charge in [0.15, 0.2) is 0 Å². The Morgan fingerprint density at radius 3 is 2.65 bits per heavy atom. The molecule has 1 aliphatic rings. The molecule has 1 aromatic carbocycles. The summed E-state index contributed by atoms with van der Waals surface area (Å²) in [6, 6.07) is 4.25. The molecule has 0 aliphatic carbocycles. The standard InChI is InChI=1S/C16H21N7O3/c1-22(2)15-18-14(19-16(20-15)23-5-7-26-8-6-23)21-17-10-11-3-4-12(24)9-13(11)25/h3-4,9-10,24-25H,5-8H2,1-2H3,(H,18,19,20,21)/b17-10-. The van der Waals surface area contributed by atoms with Crippen LogP contribution in [-0.4, -0.2) is 71.8 Å². The van der Waals surface area contributed by atoms with Gasteiger partial charge in [0, 0.05) is 38.8 Å². The highest BCUT2D eigenvalue weighted by Crippen LogP contribution is 2.21. The summed E-state index contributed by atoms with van der Waals surface area (Å²) in [4.78, 5) is 17.0. The first-order chi connectivity index (χ1) is 12.5. The van der Waals surface area contributed by atoms with Gasteiger partial charge in [-0.15, -0.1) is 0 Å². The Labute approximate surface area is 150 Å². The van der Waals surface area contributed by atoms with Crippen LogP contribution in [0, 0.1) is 0 Å². The average Bonchev–Trinajstić information content (AvgIpc) is 2.64. The van der Waals surface area contributed by atoms with E-state index in [1.165, 1.54) is 18.3 Å². The fraction of sp³-hybridized carbons (Fsp3) is 0.375. The van der Waals surface area contributed by atoms with Crippen molar-refractivity contribution in [3.8, 4) is 11.5 Å². The van der Waals surface area contributed by atoms with E-state index in [1.807, 2.05) is 19.0 Å². The van der Waals surface area contributed by atoms with Crippen molar-refractivity contribution in [3.63, 3.8) is 0 Å². The van der Waals surface area contributed by atoms with E-state index in [-0.39, 0.29) is 11.5 Å². The smallest absolute Gasteiger partial charge is 0.250 e. The second-order valence-corrected chi connectivity index (χ2v) is 5.87. The highest BCUT2D eigenvalue weighted by Gasteiger charge is 2.17. The molecule has 1 saturated heterocycles. The third-order valence-electron chi connectivity index (χ3n) is 3.69. The van der Waals surface area contributed by atoms with E-state index in [9.17, 15) is 10.2 Å². The maximum Gasteiger partial charge on any atom is 0.250 e. The number of anilines is 3. The molecule has 10 heteroatoms. The van der Waals surface area contributed by atoms with E-state index in [2.05, 4.69) is 25.5 Å². The lowest BCUT2D eigenvalue weighted by atomic mass is 10.2. The van der Waals surface area contributed by atoms with Gasteiger partial charge in [-0.2, -0.15) is 20.1 Å². The lowest BCUT2D eigenvalue weighted by molar-refractivity contribution is 0.122. The zero-order valence-corrected chi connectivity index (χ0v) is 14.6. The molecule has 3 N–H and O–H groups in total. The quantitative estimate of drug-likeness (QED) is 0.521.